The molecule has 2 heteroatoms. The third-order valence-electron chi connectivity index (χ3n) is 4.48. The highest BCUT2D eigenvalue weighted by Gasteiger charge is 2.36. The second-order valence-corrected chi connectivity index (χ2v) is 7.13. The molecule has 124 valence electrons. The number of nitrogens with zero attached hydrogens (tertiary/aromatic N) is 1. The lowest BCUT2D eigenvalue weighted by atomic mass is 9.77. The van der Waals surface area contributed by atoms with Gasteiger partial charge in [-0.05, 0) is 39.1 Å². The van der Waals surface area contributed by atoms with Crippen LogP contribution >= 0.6 is 0 Å². The molecular weight excluding hydrogens is 282 g/mol. The first-order chi connectivity index (χ1) is 10.8. The highest BCUT2D eigenvalue weighted by Crippen LogP contribution is 2.34. The lowest BCUT2D eigenvalue weighted by Crippen LogP contribution is -2.41. The van der Waals surface area contributed by atoms with Gasteiger partial charge in [0, 0.05) is 18.9 Å². The minimum Gasteiger partial charge on any atom is -0.384 e. The molecule has 23 heavy (non-hydrogen) atoms. The fraction of sp³-hybridized carbons (Fsp3) is 0.429. The molecule has 0 aromatic heterocycles. The Kier molecular flexibility index (Phi) is 5.61. The zero-order chi connectivity index (χ0) is 17.0. The summed E-state index contributed by atoms with van der Waals surface area (Å²) in [5.74, 6) is 0.126. The molecule has 0 saturated heterocycles. The number of aliphatic hydroxyl groups is 1. The van der Waals surface area contributed by atoms with E-state index in [-0.39, 0.29) is 5.92 Å². The van der Waals surface area contributed by atoms with Crippen molar-refractivity contribution in [2.45, 2.75) is 32.8 Å². The summed E-state index contributed by atoms with van der Waals surface area (Å²) in [4.78, 5) is 2.14. The molecule has 0 fully saturated rings. The van der Waals surface area contributed by atoms with Gasteiger partial charge in [-0.1, -0.05) is 66.6 Å². The second kappa shape index (κ2) is 7.29. The third-order valence-corrected chi connectivity index (χ3v) is 4.48. The maximum atomic E-state index is 11.6. The molecule has 0 amide bonds. The molecule has 2 aromatic carbocycles. The van der Waals surface area contributed by atoms with Gasteiger partial charge in [-0.2, -0.15) is 0 Å². The minimum absolute atomic E-state index is 0.126. The van der Waals surface area contributed by atoms with Crippen molar-refractivity contribution in [3.63, 3.8) is 0 Å². The van der Waals surface area contributed by atoms with Gasteiger partial charge in [-0.15, -0.1) is 0 Å². The van der Waals surface area contributed by atoms with Crippen LogP contribution in [-0.4, -0.2) is 30.6 Å². The molecule has 0 heterocycles. The minimum atomic E-state index is -0.869. The third kappa shape index (κ3) is 4.43. The largest absolute Gasteiger partial charge is 0.384 e. The van der Waals surface area contributed by atoms with Crippen LogP contribution in [0.1, 0.15) is 29.2 Å². The van der Waals surface area contributed by atoms with Gasteiger partial charge in [0.25, 0.3) is 0 Å². The normalized spacial score (nSPS) is 15.4. The molecule has 2 nitrogen and oxygen atoms in total. The average molecular weight is 311 g/mol. The molecule has 2 rings (SSSR count). The Morgan fingerprint density at radius 1 is 1.00 bits per heavy atom. The summed E-state index contributed by atoms with van der Waals surface area (Å²) in [6, 6.07) is 16.6. The fourth-order valence-electron chi connectivity index (χ4n) is 3.47. The Hall–Kier alpha value is -1.64. The topological polar surface area (TPSA) is 23.5 Å². The van der Waals surface area contributed by atoms with Crippen LogP contribution in [-0.2, 0) is 12.0 Å². The molecule has 0 aliphatic carbocycles. The van der Waals surface area contributed by atoms with Crippen molar-refractivity contribution in [1.82, 2.24) is 4.90 Å². The Morgan fingerprint density at radius 2 is 1.57 bits per heavy atom. The molecule has 1 N–H and O–H groups in total. The van der Waals surface area contributed by atoms with E-state index in [9.17, 15) is 5.11 Å². The monoisotopic (exact) mass is 311 g/mol. The Morgan fingerprint density at radius 3 is 2.09 bits per heavy atom. The van der Waals surface area contributed by atoms with E-state index in [4.69, 9.17) is 0 Å². The van der Waals surface area contributed by atoms with E-state index in [0.717, 1.165) is 12.1 Å². The van der Waals surface area contributed by atoms with Crippen LogP contribution in [0.15, 0.2) is 48.5 Å². The molecule has 0 aliphatic heterocycles. The highest BCUT2D eigenvalue weighted by molar-refractivity contribution is 5.32. The maximum Gasteiger partial charge on any atom is 0.0974 e. The van der Waals surface area contributed by atoms with Crippen LogP contribution in [0.25, 0.3) is 0 Å². The number of hydrogen-bond acceptors (Lipinski definition) is 2. The van der Waals surface area contributed by atoms with E-state index in [0.29, 0.717) is 6.42 Å². The summed E-state index contributed by atoms with van der Waals surface area (Å²) in [5.41, 5.74) is 3.81. The number of rotatable bonds is 6. The van der Waals surface area contributed by atoms with E-state index in [1.165, 1.54) is 16.7 Å². The van der Waals surface area contributed by atoms with Gasteiger partial charge in [0.15, 0.2) is 0 Å². The molecular formula is C21H29NO. The van der Waals surface area contributed by atoms with E-state index < -0.39 is 5.60 Å². The standard InChI is InChI=1S/C21H29NO/c1-16-11-17(2)13-19(12-16)14-21(23,18(3)15-22(4)5)20-9-7-6-8-10-20/h6-13,18,23H,14-15H2,1-5H3/t18-,21+/m1/s1. The number of hydrogen-bond donors (Lipinski definition) is 1. The van der Waals surface area contributed by atoms with Gasteiger partial charge in [0.2, 0.25) is 0 Å². The molecule has 0 spiro atoms. The molecule has 0 aliphatic rings. The summed E-state index contributed by atoms with van der Waals surface area (Å²) >= 11 is 0. The maximum absolute atomic E-state index is 11.6. The van der Waals surface area contributed by atoms with Crippen molar-refractivity contribution in [3.8, 4) is 0 Å². The molecule has 0 unspecified atom stereocenters. The summed E-state index contributed by atoms with van der Waals surface area (Å²) in [6.45, 7) is 7.20. The predicted octanol–water partition coefficient (Wildman–Crippen LogP) is 3.93. The predicted molar refractivity (Wildman–Crippen MR) is 97.7 cm³/mol. The molecule has 0 radical (unpaired) electrons. The van der Waals surface area contributed by atoms with Crippen LogP contribution in [0.2, 0.25) is 0 Å². The smallest absolute Gasteiger partial charge is 0.0974 e. The van der Waals surface area contributed by atoms with Crippen LogP contribution in [0.3, 0.4) is 0 Å². The van der Waals surface area contributed by atoms with Crippen molar-refractivity contribution < 1.29 is 5.11 Å². The number of aryl methyl sites for hydroxylation is 2. The average Bonchev–Trinajstić information content (AvgIpc) is 2.46. The van der Waals surface area contributed by atoms with Gasteiger partial charge in [-0.3, -0.25) is 0 Å². The number of benzene rings is 2. The SMILES string of the molecule is Cc1cc(C)cc(C[C@@](O)(c2ccccc2)[C@H](C)CN(C)C)c1. The van der Waals surface area contributed by atoms with Crippen molar-refractivity contribution in [1.29, 1.82) is 0 Å². The van der Waals surface area contributed by atoms with Crippen molar-refractivity contribution >= 4 is 0 Å². The van der Waals surface area contributed by atoms with Gasteiger partial charge in [0.1, 0.15) is 0 Å². The molecule has 0 saturated carbocycles. The Labute approximate surface area is 140 Å². The van der Waals surface area contributed by atoms with E-state index >= 15 is 0 Å². The second-order valence-electron chi connectivity index (χ2n) is 7.13. The first kappa shape index (κ1) is 17.7. The van der Waals surface area contributed by atoms with Crippen molar-refractivity contribution in [3.05, 3.63) is 70.8 Å². The van der Waals surface area contributed by atoms with Crippen LogP contribution in [0.5, 0.6) is 0 Å². The summed E-state index contributed by atoms with van der Waals surface area (Å²) < 4.78 is 0. The first-order valence-electron chi connectivity index (χ1n) is 8.31. The van der Waals surface area contributed by atoms with Gasteiger partial charge in [-0.25, -0.2) is 0 Å². The van der Waals surface area contributed by atoms with E-state index in [2.05, 4.69) is 58.0 Å². The molecule has 0 bridgehead atoms. The van der Waals surface area contributed by atoms with Crippen LogP contribution in [0, 0.1) is 19.8 Å². The van der Waals surface area contributed by atoms with Gasteiger partial charge < -0.3 is 10.0 Å². The van der Waals surface area contributed by atoms with E-state index in [1.54, 1.807) is 0 Å². The van der Waals surface area contributed by atoms with Crippen molar-refractivity contribution in [2.75, 3.05) is 20.6 Å². The summed E-state index contributed by atoms with van der Waals surface area (Å²) in [7, 11) is 4.11. The summed E-state index contributed by atoms with van der Waals surface area (Å²) in [5, 5.41) is 11.6. The van der Waals surface area contributed by atoms with E-state index in [1.807, 2.05) is 30.3 Å². The molecule has 2 aromatic rings. The lowest BCUT2D eigenvalue weighted by Gasteiger charge is -2.36. The van der Waals surface area contributed by atoms with Gasteiger partial charge in [0.05, 0.1) is 5.60 Å². The van der Waals surface area contributed by atoms with Crippen molar-refractivity contribution in [2.24, 2.45) is 5.92 Å². The summed E-state index contributed by atoms with van der Waals surface area (Å²) in [6.07, 6.45) is 0.633. The molecule has 2 atom stereocenters. The fourth-order valence-corrected chi connectivity index (χ4v) is 3.47. The van der Waals surface area contributed by atoms with Crippen LogP contribution in [0.4, 0.5) is 0 Å². The highest BCUT2D eigenvalue weighted by atomic mass is 16.3. The lowest BCUT2D eigenvalue weighted by molar-refractivity contribution is -0.0255. The zero-order valence-electron chi connectivity index (χ0n) is 15.0. The Bertz CT molecular complexity index is 615. The van der Waals surface area contributed by atoms with Crippen LogP contribution < -0.4 is 0 Å². The first-order valence-corrected chi connectivity index (χ1v) is 8.31. The Balaban J connectivity index is 2.41. The quantitative estimate of drug-likeness (QED) is 0.873. The van der Waals surface area contributed by atoms with Gasteiger partial charge >= 0.3 is 0 Å². The zero-order valence-corrected chi connectivity index (χ0v) is 15.0.